The number of quaternary nitrogens is 1. The fraction of sp³-hybridized carbons (Fsp3) is 0.885. The van der Waals surface area contributed by atoms with E-state index < -0.39 is 20.0 Å². The summed E-state index contributed by atoms with van der Waals surface area (Å²) in [6.07, 6.45) is 47.4. The summed E-state index contributed by atoms with van der Waals surface area (Å²) in [5, 5.41) is 3.03. The monoisotopic (exact) mass is 898 g/mol. The van der Waals surface area contributed by atoms with Crippen LogP contribution in [0.5, 0.6) is 0 Å². The van der Waals surface area contributed by atoms with Crippen molar-refractivity contribution in [2.24, 2.45) is 0 Å². The molecule has 0 bridgehead atoms. The van der Waals surface area contributed by atoms with Gasteiger partial charge in [-0.3, -0.25) is 18.6 Å². The van der Waals surface area contributed by atoms with Gasteiger partial charge >= 0.3 is 13.8 Å². The first kappa shape index (κ1) is 60.5. The lowest BCUT2D eigenvalue weighted by Crippen LogP contribution is -2.47. The maximum absolute atomic E-state index is 13.4. The third-order valence-corrected chi connectivity index (χ3v) is 12.6. The van der Waals surface area contributed by atoms with Crippen molar-refractivity contribution in [3.8, 4) is 0 Å². The number of phosphoric ester groups is 1. The molecule has 2 N–H and O–H groups in total. The van der Waals surface area contributed by atoms with Crippen LogP contribution in [0.3, 0.4) is 0 Å². The largest absolute Gasteiger partial charge is 0.472 e. The average molecular weight is 898 g/mol. The third-order valence-electron chi connectivity index (χ3n) is 11.6. The lowest BCUT2D eigenvalue weighted by molar-refractivity contribution is -0.870. The zero-order valence-corrected chi connectivity index (χ0v) is 42.5. The number of esters is 1. The Labute approximate surface area is 383 Å². The van der Waals surface area contributed by atoms with Crippen molar-refractivity contribution in [2.75, 3.05) is 40.9 Å². The summed E-state index contributed by atoms with van der Waals surface area (Å²) in [6.45, 7) is 6.98. The molecule has 0 aromatic carbocycles. The molecule has 9 nitrogen and oxygen atoms in total. The Morgan fingerprint density at radius 3 is 1.39 bits per heavy atom. The molecule has 62 heavy (non-hydrogen) atoms. The number of phosphoric acid groups is 1. The normalized spacial score (nSPS) is 14.1. The number of rotatable bonds is 47. The third kappa shape index (κ3) is 43.7. The van der Waals surface area contributed by atoms with Crippen molar-refractivity contribution < 1.29 is 37.3 Å². The standard InChI is InChI=1S/C52H101N2O7P/c1-7-10-13-16-19-22-25-27-30-33-36-39-42-45-52(56)61-50(43-40-37-34-31-29-26-23-20-17-14-11-8-2)49(48-60-62(57,58)59-47-46-54(4,5)6)53-51(55)44-41-38-35-32-28-24-21-18-15-12-9-3/h27,30,40,43,49-50H,7-26,28-29,31-39,41-42,44-48H2,1-6H3,(H-,53,55,57,58)/p+1/b30-27-,43-40+. The number of carbonyl (C=O) groups excluding carboxylic acids is 2. The number of allylic oxidation sites excluding steroid dienone is 3. The summed E-state index contributed by atoms with van der Waals surface area (Å²) in [6, 6.07) is -0.845. The molecular weight excluding hydrogens is 796 g/mol. The van der Waals surface area contributed by atoms with Gasteiger partial charge in [0.05, 0.1) is 33.8 Å². The fourth-order valence-electron chi connectivity index (χ4n) is 7.52. The van der Waals surface area contributed by atoms with Crippen LogP contribution >= 0.6 is 7.82 Å². The number of hydrogen-bond donors (Lipinski definition) is 2. The maximum Gasteiger partial charge on any atom is 0.472 e. The number of hydrogen-bond acceptors (Lipinski definition) is 6. The number of carbonyl (C=O) groups is 2. The van der Waals surface area contributed by atoms with E-state index in [2.05, 4.69) is 38.2 Å². The smallest absolute Gasteiger partial charge is 0.456 e. The molecule has 0 aromatic rings. The Balaban J connectivity index is 5.45. The Bertz CT molecular complexity index is 1120. The molecule has 0 aromatic heterocycles. The summed E-state index contributed by atoms with van der Waals surface area (Å²) in [7, 11) is 1.50. The Kier molecular flexibility index (Phi) is 42.3. The minimum atomic E-state index is -4.43. The van der Waals surface area contributed by atoms with Crippen LogP contribution in [-0.4, -0.2) is 74.3 Å². The molecule has 3 unspecified atom stereocenters. The highest BCUT2D eigenvalue weighted by Gasteiger charge is 2.30. The van der Waals surface area contributed by atoms with Gasteiger partial charge in [0, 0.05) is 12.8 Å². The number of likely N-dealkylation sites (N-methyl/N-ethyl adjacent to an activating group) is 1. The zero-order valence-electron chi connectivity index (χ0n) is 41.6. The van der Waals surface area contributed by atoms with Gasteiger partial charge in [-0.15, -0.1) is 0 Å². The van der Waals surface area contributed by atoms with Gasteiger partial charge in [-0.05, 0) is 57.4 Å². The van der Waals surface area contributed by atoms with Crippen molar-refractivity contribution in [1.29, 1.82) is 0 Å². The molecule has 0 fully saturated rings. The van der Waals surface area contributed by atoms with Gasteiger partial charge in [-0.1, -0.05) is 200 Å². The second-order valence-corrected chi connectivity index (χ2v) is 20.5. The predicted octanol–water partition coefficient (Wildman–Crippen LogP) is 15.0. The summed E-state index contributed by atoms with van der Waals surface area (Å²) >= 11 is 0. The van der Waals surface area contributed by atoms with Gasteiger partial charge < -0.3 is 19.4 Å². The number of nitrogens with zero attached hydrogens (tertiary/aromatic N) is 1. The van der Waals surface area contributed by atoms with E-state index in [0.29, 0.717) is 17.4 Å². The lowest BCUT2D eigenvalue weighted by Gasteiger charge is -2.27. The maximum atomic E-state index is 13.4. The number of ether oxygens (including phenoxy) is 1. The van der Waals surface area contributed by atoms with Crippen LogP contribution in [0.1, 0.15) is 245 Å². The minimum absolute atomic E-state index is 0.0409. The fourth-order valence-corrected chi connectivity index (χ4v) is 8.26. The molecule has 0 heterocycles. The first-order valence-corrected chi connectivity index (χ1v) is 27.7. The van der Waals surface area contributed by atoms with Crippen molar-refractivity contribution in [2.45, 2.75) is 258 Å². The quantitative estimate of drug-likeness (QED) is 0.0206. The highest BCUT2D eigenvalue weighted by atomic mass is 31.2. The van der Waals surface area contributed by atoms with E-state index in [1.54, 1.807) is 0 Å². The Morgan fingerprint density at radius 1 is 0.548 bits per heavy atom. The molecule has 3 atom stereocenters. The highest BCUT2D eigenvalue weighted by Crippen LogP contribution is 2.43. The number of nitrogens with one attached hydrogen (secondary N) is 1. The molecule has 366 valence electrons. The summed E-state index contributed by atoms with van der Waals surface area (Å²) in [5.74, 6) is -0.518. The molecule has 0 aliphatic carbocycles. The van der Waals surface area contributed by atoms with E-state index in [4.69, 9.17) is 13.8 Å². The first-order chi connectivity index (χ1) is 29.9. The topological polar surface area (TPSA) is 111 Å². The van der Waals surface area contributed by atoms with Crippen LogP contribution in [0.25, 0.3) is 0 Å². The molecule has 0 saturated carbocycles. The predicted molar refractivity (Wildman–Crippen MR) is 263 cm³/mol. The lowest BCUT2D eigenvalue weighted by atomic mass is 10.0. The molecule has 0 aliphatic rings. The van der Waals surface area contributed by atoms with E-state index >= 15 is 0 Å². The summed E-state index contributed by atoms with van der Waals surface area (Å²) in [4.78, 5) is 37.3. The van der Waals surface area contributed by atoms with Gasteiger partial charge in [0.1, 0.15) is 19.3 Å². The SMILES string of the molecule is CCCCCCCC/C=C\CCCCCC(=O)OC(/C=C/CCCCCCCCCCCC)C(COP(=O)(O)OCC[N+](C)(C)C)NC(=O)CCCCCCCCCCCCC. The molecular formula is C52H102N2O7P+. The molecule has 0 aliphatic heterocycles. The second kappa shape index (κ2) is 43.4. The molecule has 0 spiro atoms. The second-order valence-electron chi connectivity index (χ2n) is 19.1. The molecule has 10 heteroatoms. The summed E-state index contributed by atoms with van der Waals surface area (Å²) < 4.78 is 30.5. The van der Waals surface area contributed by atoms with Crippen molar-refractivity contribution in [3.05, 3.63) is 24.3 Å². The average Bonchev–Trinajstić information content (AvgIpc) is 3.22. The van der Waals surface area contributed by atoms with Crippen LogP contribution < -0.4 is 5.32 Å². The van der Waals surface area contributed by atoms with Crippen LogP contribution in [0, 0.1) is 0 Å². The van der Waals surface area contributed by atoms with Gasteiger partial charge in [-0.25, -0.2) is 4.57 Å². The highest BCUT2D eigenvalue weighted by molar-refractivity contribution is 7.47. The minimum Gasteiger partial charge on any atom is -0.456 e. The van der Waals surface area contributed by atoms with E-state index in [1.807, 2.05) is 33.3 Å². The molecule has 0 rings (SSSR count). The van der Waals surface area contributed by atoms with E-state index in [1.165, 1.54) is 141 Å². The van der Waals surface area contributed by atoms with E-state index in [-0.39, 0.29) is 31.5 Å². The number of unbranched alkanes of at least 4 members (excludes halogenated alkanes) is 29. The van der Waals surface area contributed by atoms with Gasteiger partial charge in [0.15, 0.2) is 0 Å². The van der Waals surface area contributed by atoms with Crippen LogP contribution in [-0.2, 0) is 27.9 Å². The van der Waals surface area contributed by atoms with Gasteiger partial charge in [0.25, 0.3) is 0 Å². The first-order valence-electron chi connectivity index (χ1n) is 26.2. The van der Waals surface area contributed by atoms with Gasteiger partial charge in [0.2, 0.25) is 5.91 Å². The van der Waals surface area contributed by atoms with E-state index in [0.717, 1.165) is 70.6 Å². The Hall–Kier alpha value is -1.51. The van der Waals surface area contributed by atoms with Gasteiger partial charge in [-0.2, -0.15) is 0 Å². The Morgan fingerprint density at radius 2 is 0.935 bits per heavy atom. The summed E-state index contributed by atoms with van der Waals surface area (Å²) in [5.41, 5.74) is 0. The molecule has 0 radical (unpaired) electrons. The molecule has 1 amide bonds. The van der Waals surface area contributed by atoms with Crippen molar-refractivity contribution >= 4 is 19.7 Å². The van der Waals surface area contributed by atoms with Crippen molar-refractivity contribution in [3.63, 3.8) is 0 Å². The van der Waals surface area contributed by atoms with E-state index in [9.17, 15) is 19.0 Å². The van der Waals surface area contributed by atoms with Crippen molar-refractivity contribution in [1.82, 2.24) is 5.32 Å². The number of amides is 1. The van der Waals surface area contributed by atoms with Crippen LogP contribution in [0.4, 0.5) is 0 Å². The van der Waals surface area contributed by atoms with Crippen LogP contribution in [0.2, 0.25) is 0 Å². The molecule has 0 saturated heterocycles. The zero-order chi connectivity index (χ0) is 45.8. The van der Waals surface area contributed by atoms with Crippen LogP contribution in [0.15, 0.2) is 24.3 Å².